The van der Waals surface area contributed by atoms with Crippen molar-refractivity contribution >= 4 is 52.4 Å². The van der Waals surface area contributed by atoms with Crippen molar-refractivity contribution in [1.29, 1.82) is 0 Å². The lowest BCUT2D eigenvalue weighted by Crippen LogP contribution is -2.54. The molecule has 0 aliphatic carbocycles. The van der Waals surface area contributed by atoms with Crippen molar-refractivity contribution in [1.82, 2.24) is 25.3 Å². The van der Waals surface area contributed by atoms with E-state index in [2.05, 4.69) is 35.5 Å². The SMILES string of the molecule is [C-]#[N+]c1ccc(N2CCC(C(=O)Nc3ccc(CCC4CCN(CC5CCN(c6ccc7c(c6)C(=O)N(C6CCC(=O)NC6=O)C7=O)CC5)CC4)nn3)CC2)cc1C(F)(F)F. The Morgan fingerprint density at radius 2 is 1.44 bits per heavy atom. The van der Waals surface area contributed by atoms with Crippen LogP contribution in [-0.2, 0) is 27.0 Å². The summed E-state index contributed by atoms with van der Waals surface area (Å²) in [7, 11) is 0. The Kier molecular flexibility index (Phi) is 12.1. The Bertz CT molecular complexity index is 2220. The number of aryl methyl sites for hydroxylation is 1. The Morgan fingerprint density at radius 1 is 0.787 bits per heavy atom. The number of benzene rings is 2. The van der Waals surface area contributed by atoms with Crippen LogP contribution in [0.1, 0.15) is 89.8 Å². The van der Waals surface area contributed by atoms with Crippen LogP contribution in [0.3, 0.4) is 0 Å². The minimum atomic E-state index is -4.62. The minimum absolute atomic E-state index is 0.0843. The van der Waals surface area contributed by atoms with E-state index in [1.807, 2.05) is 17.0 Å². The first kappa shape index (κ1) is 41.8. The molecule has 1 aromatic heterocycles. The van der Waals surface area contributed by atoms with Crippen LogP contribution in [0.5, 0.6) is 0 Å². The molecule has 4 saturated heterocycles. The molecule has 3 aromatic rings. The minimum Gasteiger partial charge on any atom is -0.372 e. The normalized spacial score (nSPS) is 21.1. The second-order valence-electron chi connectivity index (χ2n) is 16.9. The van der Waals surface area contributed by atoms with Crippen LogP contribution >= 0.6 is 0 Å². The summed E-state index contributed by atoms with van der Waals surface area (Å²) in [6, 6.07) is 11.7. The molecule has 8 rings (SSSR count). The molecule has 14 nitrogen and oxygen atoms in total. The van der Waals surface area contributed by atoms with E-state index >= 15 is 0 Å². The molecule has 320 valence electrons. The molecule has 61 heavy (non-hydrogen) atoms. The predicted molar refractivity (Wildman–Crippen MR) is 219 cm³/mol. The third kappa shape index (κ3) is 9.24. The van der Waals surface area contributed by atoms with Gasteiger partial charge in [0, 0.05) is 56.4 Å². The lowest BCUT2D eigenvalue weighted by atomic mass is 9.89. The lowest BCUT2D eigenvalue weighted by molar-refractivity contribution is -0.137. The lowest BCUT2D eigenvalue weighted by Gasteiger charge is -2.38. The molecule has 2 aromatic carbocycles. The molecule has 0 bridgehead atoms. The molecule has 5 amide bonds. The van der Waals surface area contributed by atoms with Gasteiger partial charge in [0.25, 0.3) is 11.8 Å². The summed E-state index contributed by atoms with van der Waals surface area (Å²) in [6.45, 7) is 12.7. The smallest absolute Gasteiger partial charge is 0.372 e. The van der Waals surface area contributed by atoms with Gasteiger partial charge < -0.3 is 20.0 Å². The van der Waals surface area contributed by atoms with Crippen molar-refractivity contribution in [2.24, 2.45) is 17.8 Å². The average Bonchev–Trinajstić information content (AvgIpc) is 3.51. The van der Waals surface area contributed by atoms with Crippen molar-refractivity contribution in [3.05, 3.63) is 82.3 Å². The van der Waals surface area contributed by atoms with E-state index in [4.69, 9.17) is 6.57 Å². The molecular formula is C44H48F3N9O5. The molecule has 0 radical (unpaired) electrons. The Morgan fingerprint density at radius 3 is 2.10 bits per heavy atom. The van der Waals surface area contributed by atoms with E-state index in [-0.39, 0.29) is 30.2 Å². The van der Waals surface area contributed by atoms with E-state index in [1.54, 1.807) is 18.2 Å². The van der Waals surface area contributed by atoms with Gasteiger partial charge in [0.1, 0.15) is 6.04 Å². The largest absolute Gasteiger partial charge is 0.407 e. The molecule has 5 aliphatic rings. The van der Waals surface area contributed by atoms with E-state index in [1.165, 1.54) is 12.1 Å². The molecule has 1 atom stereocenters. The van der Waals surface area contributed by atoms with Crippen LogP contribution in [0.15, 0.2) is 48.5 Å². The topological polar surface area (TPSA) is 153 Å². The van der Waals surface area contributed by atoms with Gasteiger partial charge in [-0.05, 0) is 125 Å². The zero-order chi connectivity index (χ0) is 42.8. The summed E-state index contributed by atoms with van der Waals surface area (Å²) in [6.07, 6.45) is 2.64. The van der Waals surface area contributed by atoms with Crippen LogP contribution < -0.4 is 20.4 Å². The third-order valence-corrected chi connectivity index (χ3v) is 13.0. The number of hydrogen-bond acceptors (Lipinski definition) is 10. The maximum atomic E-state index is 13.5. The number of halogens is 3. The molecule has 0 spiro atoms. The summed E-state index contributed by atoms with van der Waals surface area (Å²) in [5.74, 6) is -0.953. The third-order valence-electron chi connectivity index (χ3n) is 13.0. The number of carbonyl (C=O) groups is 5. The molecule has 1 unspecified atom stereocenters. The van der Waals surface area contributed by atoms with Gasteiger partial charge in [-0.2, -0.15) is 18.3 Å². The first-order valence-corrected chi connectivity index (χ1v) is 21.1. The van der Waals surface area contributed by atoms with E-state index in [0.29, 0.717) is 54.8 Å². The Labute approximate surface area is 351 Å². The van der Waals surface area contributed by atoms with Crippen LogP contribution in [-0.4, -0.2) is 101 Å². The highest BCUT2D eigenvalue weighted by molar-refractivity contribution is 6.23. The second kappa shape index (κ2) is 17.6. The number of aromatic nitrogens is 2. The summed E-state index contributed by atoms with van der Waals surface area (Å²) in [5, 5.41) is 13.7. The number of nitrogens with one attached hydrogen (secondary N) is 2. The van der Waals surface area contributed by atoms with Gasteiger partial charge in [-0.25, -0.2) is 4.85 Å². The van der Waals surface area contributed by atoms with Gasteiger partial charge in [0.05, 0.1) is 29.0 Å². The number of imide groups is 2. The van der Waals surface area contributed by atoms with E-state index in [0.717, 1.165) is 93.6 Å². The van der Waals surface area contributed by atoms with Crippen LogP contribution in [0.4, 0.5) is 36.1 Å². The van der Waals surface area contributed by atoms with Crippen LogP contribution in [0.25, 0.3) is 4.85 Å². The first-order valence-electron chi connectivity index (χ1n) is 21.1. The number of piperidine rings is 4. The van der Waals surface area contributed by atoms with Crippen molar-refractivity contribution in [2.45, 2.75) is 76.4 Å². The molecule has 4 fully saturated rings. The Balaban J connectivity index is 0.728. The highest BCUT2D eigenvalue weighted by Gasteiger charge is 2.45. The summed E-state index contributed by atoms with van der Waals surface area (Å²) in [5.41, 5.74) is 1.36. The maximum absolute atomic E-state index is 13.5. The number of carbonyl (C=O) groups excluding carboxylic acids is 5. The zero-order valence-electron chi connectivity index (χ0n) is 33.8. The van der Waals surface area contributed by atoms with Crippen LogP contribution in [0.2, 0.25) is 0 Å². The number of anilines is 3. The van der Waals surface area contributed by atoms with E-state index < -0.39 is 47.1 Å². The number of likely N-dealkylation sites (tertiary alicyclic amines) is 1. The first-order chi connectivity index (χ1) is 29.3. The molecule has 17 heteroatoms. The highest BCUT2D eigenvalue weighted by Crippen LogP contribution is 2.40. The Hall–Kier alpha value is -5.89. The van der Waals surface area contributed by atoms with Gasteiger partial charge in [-0.15, -0.1) is 5.10 Å². The fourth-order valence-corrected chi connectivity index (χ4v) is 9.44. The number of fused-ring (bicyclic) bond motifs is 1. The summed E-state index contributed by atoms with van der Waals surface area (Å²) in [4.78, 5) is 74.1. The molecular weight excluding hydrogens is 792 g/mol. The summed E-state index contributed by atoms with van der Waals surface area (Å²) >= 11 is 0. The molecule has 5 aliphatic heterocycles. The van der Waals surface area contributed by atoms with Gasteiger partial charge in [-0.1, -0.05) is 6.07 Å². The monoisotopic (exact) mass is 839 g/mol. The van der Waals surface area contributed by atoms with Crippen molar-refractivity contribution in [2.75, 3.05) is 60.9 Å². The fourth-order valence-electron chi connectivity index (χ4n) is 9.44. The molecule has 0 saturated carbocycles. The average molecular weight is 840 g/mol. The van der Waals surface area contributed by atoms with Crippen molar-refractivity contribution < 1.29 is 37.1 Å². The highest BCUT2D eigenvalue weighted by atomic mass is 19.4. The van der Waals surface area contributed by atoms with Crippen molar-refractivity contribution in [3.63, 3.8) is 0 Å². The molecule has 6 heterocycles. The fraction of sp³-hybridized carbons (Fsp3) is 0.500. The molecule has 2 N–H and O–H groups in total. The van der Waals surface area contributed by atoms with Gasteiger partial charge >= 0.3 is 6.18 Å². The predicted octanol–water partition coefficient (Wildman–Crippen LogP) is 5.86. The number of hydrogen-bond donors (Lipinski definition) is 2. The summed E-state index contributed by atoms with van der Waals surface area (Å²) < 4.78 is 40.4. The van der Waals surface area contributed by atoms with Gasteiger partial charge in [0.2, 0.25) is 17.7 Å². The van der Waals surface area contributed by atoms with Gasteiger partial charge in [-0.3, -0.25) is 34.2 Å². The number of amides is 5. The van der Waals surface area contributed by atoms with Gasteiger partial charge in [0.15, 0.2) is 11.5 Å². The second-order valence-corrected chi connectivity index (χ2v) is 16.9. The zero-order valence-corrected chi connectivity index (χ0v) is 33.8. The quantitative estimate of drug-likeness (QED) is 0.188. The van der Waals surface area contributed by atoms with Crippen molar-refractivity contribution in [3.8, 4) is 0 Å². The number of rotatable bonds is 10. The standard InChI is InChI=1S/C44H48F3N9O5/c1-48-36-8-6-32(25-35(36)44(45,46)47)55-22-16-29(17-23-55)40(58)49-38-10-4-30(51-52-38)3-2-27-12-18-53(19-13-27)26-28-14-20-54(21-15-28)31-5-7-33-34(24-31)43(61)56(42(33)60)37-9-11-39(57)50-41(37)59/h4-8,10,24-25,27-29,37H,2-3,9,11-23,26H2,(H,49,52,58)(H,50,57,59). The van der Waals surface area contributed by atoms with E-state index in [9.17, 15) is 37.1 Å². The number of nitrogens with zero attached hydrogens (tertiary/aromatic N) is 7. The number of alkyl halides is 3. The maximum Gasteiger partial charge on any atom is 0.407 e. The van der Waals surface area contributed by atoms with Crippen LogP contribution in [0, 0.1) is 24.3 Å².